The molecule has 1 atom stereocenters. The summed E-state index contributed by atoms with van der Waals surface area (Å²) in [5.74, 6) is -0.189. The van der Waals surface area contributed by atoms with Crippen molar-refractivity contribution in [1.29, 1.82) is 5.26 Å². The molecule has 0 saturated carbocycles. The first-order valence-corrected chi connectivity index (χ1v) is 8.33. The third kappa shape index (κ3) is 4.99. The zero-order valence-corrected chi connectivity index (χ0v) is 13.2. The highest BCUT2D eigenvalue weighted by atomic mass is 35.5. The van der Waals surface area contributed by atoms with Crippen LogP contribution in [0.4, 0.5) is 5.69 Å². The van der Waals surface area contributed by atoms with Gasteiger partial charge in [-0.3, -0.25) is 9.00 Å². The molecule has 0 aromatic heterocycles. The van der Waals surface area contributed by atoms with Crippen molar-refractivity contribution in [2.75, 3.05) is 11.1 Å². The molecule has 4 nitrogen and oxygen atoms in total. The zero-order chi connectivity index (χ0) is 15.9. The van der Waals surface area contributed by atoms with Crippen LogP contribution in [0.5, 0.6) is 0 Å². The van der Waals surface area contributed by atoms with Crippen molar-refractivity contribution in [3.05, 3.63) is 64.7 Å². The Hall–Kier alpha value is -2.16. The molecule has 2 aromatic carbocycles. The number of anilines is 1. The molecule has 0 bridgehead atoms. The van der Waals surface area contributed by atoms with E-state index >= 15 is 0 Å². The number of nitrogens with zero attached hydrogens (tertiary/aromatic N) is 1. The Morgan fingerprint density at radius 3 is 2.73 bits per heavy atom. The summed E-state index contributed by atoms with van der Waals surface area (Å²) in [6, 6.07) is 15.6. The molecular weight excluding hydrogens is 320 g/mol. The number of hydrogen-bond acceptors (Lipinski definition) is 3. The van der Waals surface area contributed by atoms with E-state index in [1.165, 1.54) is 0 Å². The van der Waals surface area contributed by atoms with Gasteiger partial charge in [-0.05, 0) is 35.9 Å². The van der Waals surface area contributed by atoms with Gasteiger partial charge in [-0.15, -0.1) is 0 Å². The maximum absolute atomic E-state index is 12.0. The molecule has 112 valence electrons. The number of halogens is 1. The highest BCUT2D eigenvalue weighted by molar-refractivity contribution is 7.84. The summed E-state index contributed by atoms with van der Waals surface area (Å²) >= 11 is 5.87. The van der Waals surface area contributed by atoms with Crippen molar-refractivity contribution in [3.8, 4) is 6.07 Å². The van der Waals surface area contributed by atoms with Crippen LogP contribution in [0.1, 0.15) is 11.1 Å². The highest BCUT2D eigenvalue weighted by Crippen LogP contribution is 2.13. The Kier molecular flexibility index (Phi) is 5.70. The number of nitriles is 1. The predicted molar refractivity (Wildman–Crippen MR) is 88.0 cm³/mol. The van der Waals surface area contributed by atoms with E-state index in [2.05, 4.69) is 5.32 Å². The minimum Gasteiger partial charge on any atom is -0.325 e. The minimum atomic E-state index is -1.33. The first-order valence-electron chi connectivity index (χ1n) is 6.46. The standard InChI is InChI=1S/C16H13ClN2O2S/c17-14-5-1-4-13(7-14)10-22(21)11-16(20)19-15-6-2-3-12(8-15)9-18/h1-8H,10-11H2,(H,19,20). The van der Waals surface area contributed by atoms with E-state index in [0.29, 0.717) is 16.3 Å². The van der Waals surface area contributed by atoms with Crippen LogP contribution in [0.3, 0.4) is 0 Å². The van der Waals surface area contributed by atoms with Crippen LogP contribution in [0.25, 0.3) is 0 Å². The number of hydrogen-bond donors (Lipinski definition) is 1. The molecule has 0 spiro atoms. The third-order valence-electron chi connectivity index (χ3n) is 2.78. The number of nitrogens with one attached hydrogen (secondary N) is 1. The van der Waals surface area contributed by atoms with Gasteiger partial charge < -0.3 is 5.32 Å². The first kappa shape index (κ1) is 16.2. The van der Waals surface area contributed by atoms with Crippen LogP contribution in [-0.4, -0.2) is 15.9 Å². The fourth-order valence-electron chi connectivity index (χ4n) is 1.87. The lowest BCUT2D eigenvalue weighted by molar-refractivity contribution is -0.113. The van der Waals surface area contributed by atoms with Crippen LogP contribution >= 0.6 is 11.6 Å². The SMILES string of the molecule is N#Cc1cccc(NC(=O)CS(=O)Cc2cccc(Cl)c2)c1. The Bertz CT molecular complexity index is 756. The zero-order valence-electron chi connectivity index (χ0n) is 11.6. The van der Waals surface area contributed by atoms with E-state index in [4.69, 9.17) is 16.9 Å². The summed E-state index contributed by atoms with van der Waals surface area (Å²) in [6.07, 6.45) is 0. The molecule has 0 aliphatic heterocycles. The number of rotatable bonds is 5. The lowest BCUT2D eigenvalue weighted by Crippen LogP contribution is -2.20. The fourth-order valence-corrected chi connectivity index (χ4v) is 3.10. The highest BCUT2D eigenvalue weighted by Gasteiger charge is 2.10. The summed E-state index contributed by atoms with van der Waals surface area (Å²) in [5.41, 5.74) is 1.80. The molecule has 6 heteroatoms. The lowest BCUT2D eigenvalue weighted by atomic mass is 10.2. The molecule has 1 N–H and O–H groups in total. The van der Waals surface area contributed by atoms with Gasteiger partial charge in [0.05, 0.1) is 11.6 Å². The first-order chi connectivity index (χ1) is 10.6. The van der Waals surface area contributed by atoms with E-state index in [9.17, 15) is 9.00 Å². The van der Waals surface area contributed by atoms with Crippen molar-refractivity contribution in [2.45, 2.75) is 5.75 Å². The molecule has 0 fully saturated rings. The quantitative estimate of drug-likeness (QED) is 0.914. The van der Waals surface area contributed by atoms with Crippen molar-refractivity contribution in [2.24, 2.45) is 0 Å². The predicted octanol–water partition coefficient (Wildman–Crippen LogP) is 3.10. The van der Waals surface area contributed by atoms with Gasteiger partial charge in [-0.2, -0.15) is 5.26 Å². The summed E-state index contributed by atoms with van der Waals surface area (Å²) in [4.78, 5) is 11.9. The Morgan fingerprint density at radius 1 is 1.23 bits per heavy atom. The Labute approximate surface area is 136 Å². The van der Waals surface area contributed by atoms with Gasteiger partial charge in [0.15, 0.2) is 0 Å². The summed E-state index contributed by atoms with van der Waals surface area (Å²) in [6.45, 7) is 0. The van der Waals surface area contributed by atoms with E-state index in [-0.39, 0.29) is 17.4 Å². The second kappa shape index (κ2) is 7.74. The monoisotopic (exact) mass is 332 g/mol. The molecule has 2 rings (SSSR count). The average molecular weight is 333 g/mol. The molecule has 1 amide bonds. The van der Waals surface area contributed by atoms with Gasteiger partial charge in [0.2, 0.25) is 5.91 Å². The van der Waals surface area contributed by atoms with Crippen molar-refractivity contribution in [1.82, 2.24) is 0 Å². The topological polar surface area (TPSA) is 70.0 Å². The van der Waals surface area contributed by atoms with Crippen molar-refractivity contribution in [3.63, 3.8) is 0 Å². The smallest absolute Gasteiger partial charge is 0.237 e. The van der Waals surface area contributed by atoms with Gasteiger partial charge >= 0.3 is 0 Å². The second-order valence-electron chi connectivity index (χ2n) is 4.60. The minimum absolute atomic E-state index is 0.108. The second-order valence-corrected chi connectivity index (χ2v) is 6.49. The van der Waals surface area contributed by atoms with E-state index < -0.39 is 10.8 Å². The lowest BCUT2D eigenvalue weighted by Gasteiger charge is -2.06. The normalized spacial score (nSPS) is 11.5. The van der Waals surface area contributed by atoms with Crippen LogP contribution in [0.15, 0.2) is 48.5 Å². The summed E-state index contributed by atoms with van der Waals surface area (Å²) in [5, 5.41) is 12.0. The van der Waals surface area contributed by atoms with Gasteiger partial charge in [-0.1, -0.05) is 29.8 Å². The number of carbonyl (C=O) groups excluding carboxylic acids is 1. The van der Waals surface area contributed by atoms with E-state index in [0.717, 1.165) is 5.56 Å². The molecule has 2 aromatic rings. The van der Waals surface area contributed by atoms with Crippen LogP contribution in [0.2, 0.25) is 5.02 Å². The van der Waals surface area contributed by atoms with Gasteiger partial charge in [0, 0.05) is 27.3 Å². The van der Waals surface area contributed by atoms with Crippen LogP contribution in [-0.2, 0) is 21.3 Å². The van der Waals surface area contributed by atoms with E-state index in [1.54, 1.807) is 42.5 Å². The number of amides is 1. The van der Waals surface area contributed by atoms with Gasteiger partial charge in [-0.25, -0.2) is 0 Å². The Balaban J connectivity index is 1.91. The molecule has 22 heavy (non-hydrogen) atoms. The molecule has 0 saturated heterocycles. The van der Waals surface area contributed by atoms with Crippen LogP contribution in [0, 0.1) is 11.3 Å². The third-order valence-corrected chi connectivity index (χ3v) is 4.26. The van der Waals surface area contributed by atoms with Crippen LogP contribution < -0.4 is 5.32 Å². The van der Waals surface area contributed by atoms with E-state index in [1.807, 2.05) is 12.1 Å². The Morgan fingerprint density at radius 2 is 2.00 bits per heavy atom. The molecule has 1 unspecified atom stereocenters. The molecule has 0 radical (unpaired) electrons. The molecule has 0 heterocycles. The average Bonchev–Trinajstić information content (AvgIpc) is 2.47. The van der Waals surface area contributed by atoms with Crippen molar-refractivity contribution >= 4 is 34.0 Å². The largest absolute Gasteiger partial charge is 0.325 e. The number of carbonyl (C=O) groups is 1. The summed E-state index contributed by atoms with van der Waals surface area (Å²) < 4.78 is 12.0. The number of benzene rings is 2. The summed E-state index contributed by atoms with van der Waals surface area (Å²) in [7, 11) is -1.33. The van der Waals surface area contributed by atoms with Gasteiger partial charge in [0.25, 0.3) is 0 Å². The molecule has 0 aliphatic carbocycles. The molecule has 0 aliphatic rings. The fraction of sp³-hybridized carbons (Fsp3) is 0.125. The maximum Gasteiger partial charge on any atom is 0.237 e. The van der Waals surface area contributed by atoms with Crippen molar-refractivity contribution < 1.29 is 9.00 Å². The molecular formula is C16H13ClN2O2S. The maximum atomic E-state index is 12.0. The van der Waals surface area contributed by atoms with Gasteiger partial charge in [0.1, 0.15) is 5.75 Å².